The number of likely N-dealkylation sites (tertiary alicyclic amines) is 1. The Morgan fingerprint density at radius 2 is 2.17 bits per heavy atom. The Labute approximate surface area is 208 Å². The number of hydrogen-bond donors (Lipinski definition) is 2. The van der Waals surface area contributed by atoms with E-state index < -0.39 is 11.7 Å². The molecule has 4 rings (SSSR count). The summed E-state index contributed by atoms with van der Waals surface area (Å²) in [7, 11) is 3.21. The number of primary amides is 1. The summed E-state index contributed by atoms with van der Waals surface area (Å²) in [5.74, 6) is 4.53. The van der Waals surface area contributed by atoms with Gasteiger partial charge in [-0.25, -0.2) is 9.07 Å². The fraction of sp³-hybridized carbons (Fsp3) is 0.308. The number of carbonyl (C=O) groups excluding carboxylic acids is 2. The number of halogens is 1. The van der Waals surface area contributed by atoms with E-state index in [1.54, 1.807) is 36.0 Å². The lowest BCUT2D eigenvalue weighted by molar-refractivity contribution is -0.127. The van der Waals surface area contributed by atoms with Crippen molar-refractivity contribution in [2.75, 3.05) is 32.6 Å². The second-order valence-electron chi connectivity index (χ2n) is 8.55. The van der Waals surface area contributed by atoms with Crippen molar-refractivity contribution in [1.29, 1.82) is 0 Å². The minimum atomic E-state index is -0.725. The quantitative estimate of drug-likeness (QED) is 0.405. The maximum atomic E-state index is 14.8. The molecule has 3 N–H and O–H groups in total. The highest BCUT2D eigenvalue weighted by Crippen LogP contribution is 2.32. The average Bonchev–Trinajstić information content (AvgIpc) is 3.44. The molecule has 36 heavy (non-hydrogen) atoms. The van der Waals surface area contributed by atoms with Gasteiger partial charge in [-0.15, -0.1) is 0 Å². The summed E-state index contributed by atoms with van der Waals surface area (Å²) in [6.07, 6.45) is 3.45. The molecule has 1 aliphatic rings. The van der Waals surface area contributed by atoms with E-state index in [9.17, 15) is 14.0 Å². The first-order valence-electron chi connectivity index (χ1n) is 11.4. The topological polar surface area (TPSA) is 115 Å². The molecular formula is C26H27FN6O3. The van der Waals surface area contributed by atoms with Crippen molar-refractivity contribution in [2.24, 2.45) is 5.73 Å². The van der Waals surface area contributed by atoms with E-state index in [0.29, 0.717) is 36.3 Å². The largest absolute Gasteiger partial charge is 0.383 e. The lowest BCUT2D eigenvalue weighted by Crippen LogP contribution is -2.37. The van der Waals surface area contributed by atoms with Gasteiger partial charge in [0, 0.05) is 32.3 Å². The van der Waals surface area contributed by atoms with Gasteiger partial charge in [-0.3, -0.25) is 14.6 Å². The van der Waals surface area contributed by atoms with Crippen molar-refractivity contribution >= 4 is 28.5 Å². The SMILES string of the molecule is C=CC(=O)N1C[C@@H](n2nc(C#Cc3cc4nccc(C)c4cc3F)c(C(N)=O)c2NC)C[C@@H]1COC. The molecule has 0 unspecified atom stereocenters. The number of anilines is 1. The number of ether oxygens (including phenoxy) is 1. The predicted octanol–water partition coefficient (Wildman–Crippen LogP) is 2.39. The van der Waals surface area contributed by atoms with E-state index in [4.69, 9.17) is 10.5 Å². The van der Waals surface area contributed by atoms with Crippen molar-refractivity contribution < 1.29 is 18.7 Å². The molecule has 1 fully saturated rings. The summed E-state index contributed by atoms with van der Waals surface area (Å²) in [5.41, 5.74) is 7.53. The van der Waals surface area contributed by atoms with E-state index >= 15 is 0 Å². The van der Waals surface area contributed by atoms with Gasteiger partial charge >= 0.3 is 0 Å². The second-order valence-corrected chi connectivity index (χ2v) is 8.55. The number of aryl methyl sites for hydroxylation is 1. The maximum Gasteiger partial charge on any atom is 0.255 e. The number of carbonyl (C=O) groups is 2. The highest BCUT2D eigenvalue weighted by atomic mass is 19.1. The average molecular weight is 491 g/mol. The third-order valence-corrected chi connectivity index (χ3v) is 6.31. The molecule has 10 heteroatoms. The van der Waals surface area contributed by atoms with Crippen LogP contribution in [0.2, 0.25) is 0 Å². The number of fused-ring (bicyclic) bond motifs is 1. The Kier molecular flexibility index (Phi) is 7.03. The van der Waals surface area contributed by atoms with E-state index in [1.165, 1.54) is 12.1 Å². The van der Waals surface area contributed by atoms with E-state index in [1.807, 2.05) is 13.0 Å². The van der Waals surface area contributed by atoms with E-state index in [-0.39, 0.29) is 34.8 Å². The summed E-state index contributed by atoms with van der Waals surface area (Å²) in [6, 6.07) is 4.31. The number of nitrogens with one attached hydrogen (secondary N) is 1. The molecule has 3 heterocycles. The highest BCUT2D eigenvalue weighted by Gasteiger charge is 2.37. The fourth-order valence-corrected chi connectivity index (χ4v) is 4.59. The van der Waals surface area contributed by atoms with Gasteiger partial charge < -0.3 is 20.7 Å². The number of methoxy groups -OCH3 is 1. The van der Waals surface area contributed by atoms with Gasteiger partial charge in [0.05, 0.1) is 29.8 Å². The van der Waals surface area contributed by atoms with E-state index in [0.717, 1.165) is 5.56 Å². The van der Waals surface area contributed by atoms with Gasteiger partial charge in [-0.1, -0.05) is 12.5 Å². The first kappa shape index (κ1) is 24.9. The third kappa shape index (κ3) is 4.53. The number of nitrogens with two attached hydrogens (primary N) is 1. The molecular weight excluding hydrogens is 463 g/mol. The summed E-state index contributed by atoms with van der Waals surface area (Å²) in [4.78, 5) is 30.7. The zero-order valence-electron chi connectivity index (χ0n) is 20.3. The summed E-state index contributed by atoms with van der Waals surface area (Å²) in [6.45, 7) is 6.14. The molecule has 1 aliphatic heterocycles. The monoisotopic (exact) mass is 490 g/mol. The number of amides is 2. The van der Waals surface area contributed by atoms with Crippen LogP contribution in [-0.2, 0) is 9.53 Å². The Balaban J connectivity index is 1.76. The summed E-state index contributed by atoms with van der Waals surface area (Å²) >= 11 is 0. The molecule has 0 bridgehead atoms. The molecule has 0 saturated carbocycles. The fourth-order valence-electron chi connectivity index (χ4n) is 4.59. The first-order valence-corrected chi connectivity index (χ1v) is 11.4. The van der Waals surface area contributed by atoms with Gasteiger partial charge in [-0.2, -0.15) is 5.10 Å². The lowest BCUT2D eigenvalue weighted by Gasteiger charge is -2.22. The van der Waals surface area contributed by atoms with Crippen LogP contribution in [0.5, 0.6) is 0 Å². The maximum absolute atomic E-state index is 14.8. The molecule has 2 atom stereocenters. The summed E-state index contributed by atoms with van der Waals surface area (Å²) in [5, 5.41) is 8.24. The molecule has 2 aromatic heterocycles. The minimum Gasteiger partial charge on any atom is -0.383 e. The molecule has 0 aliphatic carbocycles. The van der Waals surface area contributed by atoms with Crippen LogP contribution in [-0.4, -0.2) is 64.8 Å². The molecule has 9 nitrogen and oxygen atoms in total. The Bertz CT molecular complexity index is 1420. The van der Waals surface area contributed by atoms with Crippen LogP contribution in [0.4, 0.5) is 10.2 Å². The zero-order valence-corrected chi connectivity index (χ0v) is 20.3. The van der Waals surface area contributed by atoms with Crippen molar-refractivity contribution in [1.82, 2.24) is 19.7 Å². The molecule has 186 valence electrons. The third-order valence-electron chi connectivity index (χ3n) is 6.31. The molecule has 1 saturated heterocycles. The number of benzene rings is 1. The van der Waals surface area contributed by atoms with Gasteiger partial charge in [0.2, 0.25) is 5.91 Å². The van der Waals surface area contributed by atoms with Crippen molar-refractivity contribution in [2.45, 2.75) is 25.4 Å². The zero-order chi connectivity index (χ0) is 26.0. The predicted molar refractivity (Wildman–Crippen MR) is 134 cm³/mol. The van der Waals surface area contributed by atoms with Crippen molar-refractivity contribution in [3.63, 3.8) is 0 Å². The minimum absolute atomic E-state index is 0.0944. The molecule has 0 radical (unpaired) electrons. The molecule has 2 amide bonds. The Hall–Kier alpha value is -4.23. The normalized spacial score (nSPS) is 17.1. The van der Waals surface area contributed by atoms with Crippen molar-refractivity contribution in [3.8, 4) is 11.8 Å². The number of nitrogens with zero attached hydrogens (tertiary/aromatic N) is 4. The van der Waals surface area contributed by atoms with Crippen molar-refractivity contribution in [3.05, 3.63) is 65.3 Å². The summed E-state index contributed by atoms with van der Waals surface area (Å²) < 4.78 is 21.7. The van der Waals surface area contributed by atoms with Gasteiger partial charge in [0.25, 0.3) is 5.91 Å². The number of hydrogen-bond acceptors (Lipinski definition) is 6. The van der Waals surface area contributed by atoms with Gasteiger partial charge in [-0.05, 0) is 49.1 Å². The number of pyridine rings is 1. The molecule has 0 spiro atoms. The van der Waals surface area contributed by atoms with E-state index in [2.05, 4.69) is 33.8 Å². The van der Waals surface area contributed by atoms with Crippen LogP contribution in [0.15, 0.2) is 37.1 Å². The number of rotatable bonds is 6. The molecule has 3 aromatic rings. The Morgan fingerprint density at radius 1 is 1.39 bits per heavy atom. The van der Waals surface area contributed by atoms with Crippen LogP contribution >= 0.6 is 0 Å². The molecule has 1 aromatic carbocycles. The Morgan fingerprint density at radius 3 is 2.83 bits per heavy atom. The number of aromatic nitrogens is 3. The second kappa shape index (κ2) is 10.2. The van der Waals surface area contributed by atoms with Crippen LogP contribution < -0.4 is 11.1 Å². The van der Waals surface area contributed by atoms with Crippen LogP contribution in [0, 0.1) is 24.6 Å². The van der Waals surface area contributed by atoms with Gasteiger partial charge in [0.1, 0.15) is 17.2 Å². The standard InChI is InChI=1S/C26H27FN6O3/c1-5-23(34)32-13-17(11-18(32)14-36-4)33-26(29-3)24(25(28)35)21(31-33)7-6-16-10-22-19(12-20(16)27)15(2)8-9-30-22/h5,8-10,12,17-18,29H,1,11,13-14H2,2-4H3,(H2,28,35)/t17-,18+/m0/s1. The van der Waals surface area contributed by atoms with Crippen LogP contribution in [0.25, 0.3) is 10.9 Å². The van der Waals surface area contributed by atoms with Crippen LogP contribution in [0.3, 0.4) is 0 Å². The highest BCUT2D eigenvalue weighted by molar-refractivity contribution is 6.00. The van der Waals surface area contributed by atoms with Gasteiger partial charge in [0.15, 0.2) is 5.69 Å². The lowest BCUT2D eigenvalue weighted by atomic mass is 10.1. The first-order chi connectivity index (χ1) is 17.3. The smallest absolute Gasteiger partial charge is 0.255 e. The van der Waals surface area contributed by atoms with Crippen LogP contribution in [0.1, 0.15) is 39.6 Å².